The molecule has 3 N–H and O–H groups in total. The first-order valence-electron chi connectivity index (χ1n) is 6.91. The molecule has 22 heavy (non-hydrogen) atoms. The molecule has 1 heterocycles. The Balaban J connectivity index is 2.22. The van der Waals surface area contributed by atoms with Gasteiger partial charge in [-0.3, -0.25) is 4.79 Å². The van der Waals surface area contributed by atoms with Crippen molar-refractivity contribution in [2.24, 2.45) is 0 Å². The molecule has 0 aromatic heterocycles. The lowest BCUT2D eigenvalue weighted by Crippen LogP contribution is -2.52. The van der Waals surface area contributed by atoms with Crippen LogP contribution in [-0.4, -0.2) is 32.7 Å². The molecule has 0 saturated carbocycles. The minimum atomic E-state index is -3.56. The lowest BCUT2D eigenvalue weighted by Gasteiger charge is -2.25. The van der Waals surface area contributed by atoms with Crippen molar-refractivity contribution in [1.29, 1.82) is 0 Å². The second-order valence-corrected chi connectivity index (χ2v) is 7.69. The van der Waals surface area contributed by atoms with Crippen LogP contribution >= 0.6 is 0 Å². The maximum absolute atomic E-state index is 14.5. The van der Waals surface area contributed by atoms with Gasteiger partial charge in [-0.15, -0.1) is 0 Å². The number of halogens is 1. The maximum atomic E-state index is 14.5. The van der Waals surface area contributed by atoms with Crippen molar-refractivity contribution in [3.05, 3.63) is 29.1 Å². The minimum absolute atomic E-state index is 0.0639. The summed E-state index contributed by atoms with van der Waals surface area (Å²) in [6.07, 6.45) is 1.52. The van der Waals surface area contributed by atoms with Crippen molar-refractivity contribution < 1.29 is 17.6 Å². The summed E-state index contributed by atoms with van der Waals surface area (Å²) in [6, 6.07) is 3.26. The molecule has 122 valence electrons. The Morgan fingerprint density at radius 1 is 1.36 bits per heavy atom. The third-order valence-electron chi connectivity index (χ3n) is 3.46. The standard InChI is InChI=1S/C14H20FN3O3S/c1-14(2,18-22(3,20)21)13(19)17-11-5-4-9-8-16-7-6-10(9)12(11)15/h4-5,16,18H,6-8H2,1-3H3,(H,17,19). The first-order chi connectivity index (χ1) is 10.1. The average Bonchev–Trinajstić information content (AvgIpc) is 2.39. The van der Waals surface area contributed by atoms with Gasteiger partial charge in [0.1, 0.15) is 11.4 Å². The molecule has 0 atom stereocenters. The summed E-state index contributed by atoms with van der Waals surface area (Å²) >= 11 is 0. The number of nitrogens with one attached hydrogen (secondary N) is 3. The molecule has 0 fully saturated rings. The Morgan fingerprint density at radius 2 is 2.05 bits per heavy atom. The minimum Gasteiger partial charge on any atom is -0.322 e. The predicted molar refractivity (Wildman–Crippen MR) is 82.5 cm³/mol. The quantitative estimate of drug-likeness (QED) is 0.760. The van der Waals surface area contributed by atoms with E-state index in [0.29, 0.717) is 25.1 Å². The molecule has 1 aromatic carbocycles. The third kappa shape index (κ3) is 3.82. The first-order valence-corrected chi connectivity index (χ1v) is 8.81. The molecular weight excluding hydrogens is 309 g/mol. The van der Waals surface area contributed by atoms with Crippen molar-refractivity contribution in [1.82, 2.24) is 10.0 Å². The normalized spacial score (nSPS) is 15.3. The third-order valence-corrected chi connectivity index (χ3v) is 4.34. The van der Waals surface area contributed by atoms with Gasteiger partial charge < -0.3 is 10.6 Å². The second-order valence-electron chi connectivity index (χ2n) is 5.94. The van der Waals surface area contributed by atoms with E-state index in [1.165, 1.54) is 19.9 Å². The van der Waals surface area contributed by atoms with Crippen LogP contribution in [0.5, 0.6) is 0 Å². The zero-order chi connectivity index (χ0) is 16.5. The molecular formula is C14H20FN3O3S. The molecule has 1 amide bonds. The average molecular weight is 329 g/mol. The summed E-state index contributed by atoms with van der Waals surface area (Å²) in [5.74, 6) is -1.08. The van der Waals surface area contributed by atoms with Gasteiger partial charge in [0.05, 0.1) is 11.9 Å². The summed E-state index contributed by atoms with van der Waals surface area (Å²) < 4.78 is 39.3. The van der Waals surface area contributed by atoms with Gasteiger partial charge in [0, 0.05) is 6.54 Å². The SMILES string of the molecule is CC(C)(NS(C)(=O)=O)C(=O)Nc1ccc2c(c1F)CCNC2. The van der Waals surface area contributed by atoms with Crippen LogP contribution in [0.4, 0.5) is 10.1 Å². The van der Waals surface area contributed by atoms with E-state index in [2.05, 4.69) is 15.4 Å². The molecule has 0 radical (unpaired) electrons. The maximum Gasteiger partial charge on any atom is 0.245 e. The largest absolute Gasteiger partial charge is 0.322 e. The Kier molecular flexibility index (Phi) is 4.55. The predicted octanol–water partition coefficient (Wildman–Crippen LogP) is 0.738. The Morgan fingerprint density at radius 3 is 2.68 bits per heavy atom. The number of rotatable bonds is 4. The molecule has 1 aliphatic heterocycles. The number of fused-ring (bicyclic) bond motifs is 1. The van der Waals surface area contributed by atoms with E-state index in [0.717, 1.165) is 11.8 Å². The fraction of sp³-hybridized carbons (Fsp3) is 0.500. The first kappa shape index (κ1) is 16.9. The van der Waals surface area contributed by atoms with Crippen molar-refractivity contribution in [2.75, 3.05) is 18.1 Å². The molecule has 1 aliphatic rings. The van der Waals surface area contributed by atoms with Gasteiger partial charge in [-0.25, -0.2) is 17.5 Å². The zero-order valence-corrected chi connectivity index (χ0v) is 13.6. The molecule has 0 bridgehead atoms. The van der Waals surface area contributed by atoms with Gasteiger partial charge in [0.15, 0.2) is 0 Å². The van der Waals surface area contributed by atoms with Crippen LogP contribution in [0, 0.1) is 5.82 Å². The van der Waals surface area contributed by atoms with Gasteiger partial charge in [0.2, 0.25) is 15.9 Å². The van der Waals surface area contributed by atoms with Crippen LogP contribution in [0.15, 0.2) is 12.1 Å². The van der Waals surface area contributed by atoms with E-state index in [1.54, 1.807) is 6.07 Å². The van der Waals surface area contributed by atoms with Crippen molar-refractivity contribution >= 4 is 21.6 Å². The van der Waals surface area contributed by atoms with E-state index in [4.69, 9.17) is 0 Å². The topological polar surface area (TPSA) is 87.3 Å². The van der Waals surface area contributed by atoms with Crippen LogP contribution in [0.25, 0.3) is 0 Å². The molecule has 6 nitrogen and oxygen atoms in total. The van der Waals surface area contributed by atoms with Crippen LogP contribution in [-0.2, 0) is 27.8 Å². The summed E-state index contributed by atoms with van der Waals surface area (Å²) in [6.45, 7) is 4.12. The van der Waals surface area contributed by atoms with Crippen molar-refractivity contribution in [3.63, 3.8) is 0 Å². The molecule has 2 rings (SSSR count). The van der Waals surface area contributed by atoms with E-state index >= 15 is 0 Å². The molecule has 0 saturated heterocycles. The summed E-state index contributed by atoms with van der Waals surface area (Å²) in [4.78, 5) is 12.2. The van der Waals surface area contributed by atoms with Crippen molar-refractivity contribution in [3.8, 4) is 0 Å². The summed E-state index contributed by atoms with van der Waals surface area (Å²) in [7, 11) is -3.56. The van der Waals surface area contributed by atoms with E-state index in [1.807, 2.05) is 0 Å². The van der Waals surface area contributed by atoms with E-state index in [-0.39, 0.29) is 5.69 Å². The van der Waals surface area contributed by atoms with Crippen LogP contribution in [0.1, 0.15) is 25.0 Å². The molecule has 0 spiro atoms. The van der Waals surface area contributed by atoms with Gasteiger partial charge in [-0.05, 0) is 44.0 Å². The fourth-order valence-electron chi connectivity index (χ4n) is 2.42. The van der Waals surface area contributed by atoms with Gasteiger partial charge in [-0.2, -0.15) is 0 Å². The smallest absolute Gasteiger partial charge is 0.245 e. The van der Waals surface area contributed by atoms with Crippen LogP contribution in [0.3, 0.4) is 0 Å². The monoisotopic (exact) mass is 329 g/mol. The Hall–Kier alpha value is -1.51. The van der Waals surface area contributed by atoms with Gasteiger partial charge >= 0.3 is 0 Å². The van der Waals surface area contributed by atoms with E-state index < -0.39 is 27.3 Å². The number of benzene rings is 1. The number of carbonyl (C=O) groups is 1. The second kappa shape index (κ2) is 5.94. The number of sulfonamides is 1. The highest BCUT2D eigenvalue weighted by molar-refractivity contribution is 7.88. The molecule has 1 aromatic rings. The molecule has 0 aliphatic carbocycles. The number of carbonyl (C=O) groups excluding carboxylic acids is 1. The highest BCUT2D eigenvalue weighted by atomic mass is 32.2. The van der Waals surface area contributed by atoms with Crippen LogP contribution < -0.4 is 15.4 Å². The Labute approximate surface area is 129 Å². The lowest BCUT2D eigenvalue weighted by atomic mass is 9.99. The van der Waals surface area contributed by atoms with Crippen LogP contribution in [0.2, 0.25) is 0 Å². The van der Waals surface area contributed by atoms with E-state index in [9.17, 15) is 17.6 Å². The molecule has 8 heteroatoms. The number of hydrogen-bond acceptors (Lipinski definition) is 4. The number of amides is 1. The highest BCUT2D eigenvalue weighted by Crippen LogP contribution is 2.25. The zero-order valence-electron chi connectivity index (χ0n) is 12.8. The van der Waals surface area contributed by atoms with Gasteiger partial charge in [-0.1, -0.05) is 6.07 Å². The van der Waals surface area contributed by atoms with Gasteiger partial charge in [0.25, 0.3) is 0 Å². The summed E-state index contributed by atoms with van der Waals surface area (Å²) in [5, 5.41) is 5.61. The number of hydrogen-bond donors (Lipinski definition) is 3. The fourth-order valence-corrected chi connectivity index (χ4v) is 3.44. The Bertz CT molecular complexity index is 702. The highest BCUT2D eigenvalue weighted by Gasteiger charge is 2.31. The van der Waals surface area contributed by atoms with Crippen molar-refractivity contribution in [2.45, 2.75) is 32.4 Å². The number of anilines is 1. The molecule has 0 unspecified atom stereocenters. The lowest BCUT2D eigenvalue weighted by molar-refractivity contribution is -0.120. The summed E-state index contributed by atoms with van der Waals surface area (Å²) in [5.41, 5.74) is 0.145.